The molecule has 0 radical (unpaired) electrons. The predicted octanol–water partition coefficient (Wildman–Crippen LogP) is 3.64. The van der Waals surface area contributed by atoms with Gasteiger partial charge in [0, 0.05) is 5.56 Å². The molecule has 2 aromatic rings. The van der Waals surface area contributed by atoms with Gasteiger partial charge in [0.25, 0.3) is 0 Å². The fourth-order valence-corrected chi connectivity index (χ4v) is 2.27. The lowest BCUT2D eigenvalue weighted by Gasteiger charge is -2.22. The monoisotopic (exact) mass is 278 g/mol. The standard InChI is InChI=1S/C19H18O2/c1-3-16-11-7-8-12-17(16)19(2,18(20)21)14-13-15-9-5-4-6-10-15/h4-12H,3H2,1-2H3,(H,20,21). The highest BCUT2D eigenvalue weighted by molar-refractivity contribution is 5.86. The van der Waals surface area contributed by atoms with Crippen LogP contribution in [0.5, 0.6) is 0 Å². The van der Waals surface area contributed by atoms with Gasteiger partial charge in [-0.1, -0.05) is 61.2 Å². The van der Waals surface area contributed by atoms with Crippen LogP contribution in [0.15, 0.2) is 54.6 Å². The van der Waals surface area contributed by atoms with Gasteiger partial charge in [-0.15, -0.1) is 0 Å². The molecule has 0 aliphatic heterocycles. The summed E-state index contributed by atoms with van der Waals surface area (Å²) in [5.41, 5.74) is 1.40. The molecule has 0 saturated heterocycles. The van der Waals surface area contributed by atoms with Crippen LogP contribution in [-0.4, -0.2) is 11.1 Å². The number of carboxylic acid groups (broad SMARTS) is 1. The highest BCUT2D eigenvalue weighted by atomic mass is 16.4. The fourth-order valence-electron chi connectivity index (χ4n) is 2.27. The van der Waals surface area contributed by atoms with Crippen LogP contribution in [0.3, 0.4) is 0 Å². The van der Waals surface area contributed by atoms with Crippen LogP contribution in [-0.2, 0) is 16.6 Å². The molecule has 0 saturated carbocycles. The topological polar surface area (TPSA) is 37.3 Å². The van der Waals surface area contributed by atoms with Crippen LogP contribution in [0.1, 0.15) is 30.5 Å². The summed E-state index contributed by atoms with van der Waals surface area (Å²) < 4.78 is 0. The Morgan fingerprint density at radius 1 is 1.10 bits per heavy atom. The molecule has 21 heavy (non-hydrogen) atoms. The second-order valence-electron chi connectivity index (χ2n) is 5.06. The summed E-state index contributed by atoms with van der Waals surface area (Å²) in [7, 11) is 0. The van der Waals surface area contributed by atoms with E-state index in [9.17, 15) is 9.90 Å². The number of rotatable bonds is 3. The van der Waals surface area contributed by atoms with Crippen molar-refractivity contribution in [2.45, 2.75) is 25.7 Å². The van der Waals surface area contributed by atoms with Crippen molar-refractivity contribution in [3.05, 3.63) is 71.3 Å². The molecular formula is C19H18O2. The number of aryl methyl sites for hydroxylation is 1. The van der Waals surface area contributed by atoms with Gasteiger partial charge >= 0.3 is 5.97 Å². The van der Waals surface area contributed by atoms with Gasteiger partial charge in [0.15, 0.2) is 5.41 Å². The van der Waals surface area contributed by atoms with E-state index >= 15 is 0 Å². The van der Waals surface area contributed by atoms with Gasteiger partial charge in [-0.3, -0.25) is 4.79 Å². The van der Waals surface area contributed by atoms with Crippen LogP contribution in [0.25, 0.3) is 0 Å². The van der Waals surface area contributed by atoms with Crippen LogP contribution in [0.4, 0.5) is 0 Å². The molecule has 0 spiro atoms. The van der Waals surface area contributed by atoms with E-state index < -0.39 is 11.4 Å². The molecule has 1 N–H and O–H groups in total. The average Bonchev–Trinajstić information content (AvgIpc) is 2.53. The molecule has 2 aromatic carbocycles. The van der Waals surface area contributed by atoms with Crippen LogP contribution >= 0.6 is 0 Å². The third-order valence-corrected chi connectivity index (χ3v) is 3.60. The van der Waals surface area contributed by atoms with E-state index in [0.717, 1.165) is 23.1 Å². The Morgan fingerprint density at radius 3 is 2.33 bits per heavy atom. The largest absolute Gasteiger partial charge is 0.480 e. The summed E-state index contributed by atoms with van der Waals surface area (Å²) in [5.74, 6) is 5.01. The number of hydrogen-bond donors (Lipinski definition) is 1. The Kier molecular flexibility index (Phi) is 4.45. The minimum absolute atomic E-state index is 0.767. The van der Waals surface area contributed by atoms with Crippen molar-refractivity contribution in [3.8, 4) is 11.8 Å². The Labute approximate surface area is 125 Å². The van der Waals surface area contributed by atoms with Crippen molar-refractivity contribution in [2.24, 2.45) is 0 Å². The SMILES string of the molecule is CCc1ccccc1C(C)(C#Cc1ccccc1)C(=O)O. The van der Waals surface area contributed by atoms with Gasteiger partial charge in [-0.2, -0.15) is 0 Å². The molecule has 2 heteroatoms. The molecule has 1 unspecified atom stereocenters. The third-order valence-electron chi connectivity index (χ3n) is 3.60. The first-order chi connectivity index (χ1) is 10.1. The maximum atomic E-state index is 11.8. The maximum Gasteiger partial charge on any atom is 0.326 e. The second kappa shape index (κ2) is 6.28. The second-order valence-corrected chi connectivity index (χ2v) is 5.06. The summed E-state index contributed by atoms with van der Waals surface area (Å²) in [6, 6.07) is 17.0. The van der Waals surface area contributed by atoms with Crippen molar-refractivity contribution >= 4 is 5.97 Å². The first-order valence-electron chi connectivity index (χ1n) is 6.98. The zero-order valence-electron chi connectivity index (χ0n) is 12.3. The van der Waals surface area contributed by atoms with E-state index in [4.69, 9.17) is 0 Å². The minimum atomic E-state index is -1.21. The van der Waals surface area contributed by atoms with Crippen molar-refractivity contribution in [3.63, 3.8) is 0 Å². The quantitative estimate of drug-likeness (QED) is 0.870. The molecule has 2 rings (SSSR count). The molecule has 0 aliphatic carbocycles. The smallest absolute Gasteiger partial charge is 0.326 e. The summed E-state index contributed by atoms with van der Waals surface area (Å²) >= 11 is 0. The third kappa shape index (κ3) is 3.14. The van der Waals surface area contributed by atoms with Crippen molar-refractivity contribution < 1.29 is 9.90 Å². The highest BCUT2D eigenvalue weighted by Gasteiger charge is 2.34. The van der Waals surface area contributed by atoms with E-state index in [1.165, 1.54) is 0 Å². The lowest BCUT2D eigenvalue weighted by molar-refractivity contribution is -0.140. The molecule has 2 nitrogen and oxygen atoms in total. The highest BCUT2D eigenvalue weighted by Crippen LogP contribution is 2.27. The Hall–Kier alpha value is -2.53. The zero-order chi connectivity index (χ0) is 15.3. The fraction of sp³-hybridized carbons (Fsp3) is 0.211. The van der Waals surface area contributed by atoms with Gasteiger partial charge in [-0.25, -0.2) is 0 Å². The van der Waals surface area contributed by atoms with Gasteiger partial charge in [0.1, 0.15) is 0 Å². The molecule has 1 atom stereocenters. The summed E-state index contributed by atoms with van der Waals surface area (Å²) in [6.45, 7) is 3.69. The normalized spacial score (nSPS) is 12.9. The number of hydrogen-bond acceptors (Lipinski definition) is 1. The zero-order valence-corrected chi connectivity index (χ0v) is 12.3. The van der Waals surface area contributed by atoms with E-state index in [0.29, 0.717) is 0 Å². The van der Waals surface area contributed by atoms with Gasteiger partial charge < -0.3 is 5.11 Å². The average molecular weight is 278 g/mol. The predicted molar refractivity (Wildman–Crippen MR) is 84.1 cm³/mol. The van der Waals surface area contributed by atoms with E-state index in [1.807, 2.05) is 61.5 Å². The van der Waals surface area contributed by atoms with Crippen molar-refractivity contribution in [1.82, 2.24) is 0 Å². The first kappa shape index (κ1) is 14.9. The van der Waals surface area contributed by atoms with E-state index in [1.54, 1.807) is 6.92 Å². The molecule has 0 aliphatic rings. The molecule has 0 heterocycles. The number of benzene rings is 2. The van der Waals surface area contributed by atoms with Crippen LogP contribution < -0.4 is 0 Å². The van der Waals surface area contributed by atoms with Gasteiger partial charge in [0.2, 0.25) is 0 Å². The van der Waals surface area contributed by atoms with Gasteiger partial charge in [0.05, 0.1) is 0 Å². The molecular weight excluding hydrogens is 260 g/mol. The first-order valence-corrected chi connectivity index (χ1v) is 6.98. The lowest BCUT2D eigenvalue weighted by atomic mass is 9.79. The molecule has 0 fully saturated rings. The van der Waals surface area contributed by atoms with E-state index in [2.05, 4.69) is 11.8 Å². The number of carbonyl (C=O) groups is 1. The Morgan fingerprint density at radius 2 is 1.71 bits per heavy atom. The Balaban J connectivity index is 2.52. The lowest BCUT2D eigenvalue weighted by Crippen LogP contribution is -2.32. The van der Waals surface area contributed by atoms with Crippen LogP contribution in [0.2, 0.25) is 0 Å². The molecule has 0 bridgehead atoms. The summed E-state index contributed by atoms with van der Waals surface area (Å²) in [5, 5.41) is 9.68. The molecule has 0 aromatic heterocycles. The maximum absolute atomic E-state index is 11.8. The van der Waals surface area contributed by atoms with E-state index in [-0.39, 0.29) is 0 Å². The number of aliphatic carboxylic acids is 1. The van der Waals surface area contributed by atoms with Crippen LogP contribution in [0, 0.1) is 11.8 Å². The Bertz CT molecular complexity index is 692. The summed E-state index contributed by atoms with van der Waals surface area (Å²) in [4.78, 5) is 11.8. The number of carboxylic acids is 1. The van der Waals surface area contributed by atoms with Crippen molar-refractivity contribution in [2.75, 3.05) is 0 Å². The van der Waals surface area contributed by atoms with Gasteiger partial charge in [-0.05, 0) is 36.6 Å². The molecule has 0 amide bonds. The summed E-state index contributed by atoms with van der Waals surface area (Å²) in [6.07, 6.45) is 0.784. The van der Waals surface area contributed by atoms with Crippen molar-refractivity contribution in [1.29, 1.82) is 0 Å². The molecule has 106 valence electrons. The minimum Gasteiger partial charge on any atom is -0.480 e.